The van der Waals surface area contributed by atoms with Crippen molar-refractivity contribution in [3.8, 4) is 0 Å². The summed E-state index contributed by atoms with van der Waals surface area (Å²) in [7, 11) is 0. The highest BCUT2D eigenvalue weighted by Crippen LogP contribution is 2.30. The molecule has 2 aromatic rings. The molecule has 0 radical (unpaired) electrons. The topological polar surface area (TPSA) is 69.6 Å². The lowest BCUT2D eigenvalue weighted by Crippen LogP contribution is -2.34. The summed E-state index contributed by atoms with van der Waals surface area (Å²) in [6, 6.07) is 17.0. The molecule has 152 valence electrons. The van der Waals surface area contributed by atoms with E-state index in [2.05, 4.69) is 58.7 Å². The van der Waals surface area contributed by atoms with E-state index in [4.69, 9.17) is 5.11 Å². The number of nitrogens with zero attached hydrogens (tertiary/aromatic N) is 1. The minimum absolute atomic E-state index is 0.0478. The molecule has 2 aromatic carbocycles. The summed E-state index contributed by atoms with van der Waals surface area (Å²) in [4.78, 5) is 25.8. The Kier molecular flexibility index (Phi) is 5.84. The van der Waals surface area contributed by atoms with Crippen LogP contribution in [0.3, 0.4) is 0 Å². The zero-order valence-corrected chi connectivity index (χ0v) is 16.6. The lowest BCUT2D eigenvalue weighted by Gasteiger charge is -2.25. The summed E-state index contributed by atoms with van der Waals surface area (Å²) in [6.45, 7) is 2.47. The number of hydrogen-bond donors (Lipinski definition) is 2. The van der Waals surface area contributed by atoms with E-state index in [1.54, 1.807) is 0 Å². The Balaban J connectivity index is 1.26. The van der Waals surface area contributed by atoms with Gasteiger partial charge in [0.1, 0.15) is 0 Å². The first-order valence-electron chi connectivity index (χ1n) is 10.5. The van der Waals surface area contributed by atoms with Crippen LogP contribution in [-0.4, -0.2) is 23.5 Å². The number of hydrogen-bond acceptors (Lipinski definition) is 3. The zero-order valence-electron chi connectivity index (χ0n) is 16.6. The standard InChI is InChI=1S/C24H28N2O3/c27-23(20-9-11-21(12-10-20)24(28)29)25-15-17-5-7-18(8-6-17)16-26-14-13-19-3-1-2-4-22(19)26/h1-8,20-21H,9-16H2,(H,25,27)(H,28,29). The van der Waals surface area contributed by atoms with Crippen LogP contribution in [0.1, 0.15) is 42.4 Å². The molecule has 1 amide bonds. The van der Waals surface area contributed by atoms with E-state index in [1.807, 2.05) is 0 Å². The Morgan fingerprint density at radius 3 is 2.31 bits per heavy atom. The fourth-order valence-corrected chi connectivity index (χ4v) is 4.49. The maximum absolute atomic E-state index is 12.4. The molecule has 1 aliphatic heterocycles. The van der Waals surface area contributed by atoms with Crippen molar-refractivity contribution in [3.05, 3.63) is 65.2 Å². The number of carbonyl (C=O) groups excluding carboxylic acids is 1. The summed E-state index contributed by atoms with van der Waals surface area (Å²) in [6.07, 6.45) is 3.64. The second-order valence-electron chi connectivity index (χ2n) is 8.22. The predicted octanol–water partition coefficient (Wildman–Crippen LogP) is 3.76. The lowest BCUT2D eigenvalue weighted by molar-refractivity contribution is -0.144. The molecule has 0 unspecified atom stereocenters. The van der Waals surface area contributed by atoms with E-state index in [1.165, 1.54) is 16.8 Å². The van der Waals surface area contributed by atoms with Gasteiger partial charge in [-0.2, -0.15) is 0 Å². The Hall–Kier alpha value is -2.82. The molecule has 1 heterocycles. The molecule has 0 atom stereocenters. The summed E-state index contributed by atoms with van der Waals surface area (Å²) < 4.78 is 0. The summed E-state index contributed by atoms with van der Waals surface area (Å²) >= 11 is 0. The van der Waals surface area contributed by atoms with Gasteiger partial charge in [0, 0.05) is 31.2 Å². The molecular formula is C24H28N2O3. The molecule has 0 saturated heterocycles. The van der Waals surface area contributed by atoms with Crippen LogP contribution in [0, 0.1) is 11.8 Å². The van der Waals surface area contributed by atoms with E-state index in [-0.39, 0.29) is 17.7 Å². The van der Waals surface area contributed by atoms with Gasteiger partial charge in [0.2, 0.25) is 5.91 Å². The van der Waals surface area contributed by atoms with Gasteiger partial charge >= 0.3 is 5.97 Å². The minimum atomic E-state index is -0.735. The molecule has 5 nitrogen and oxygen atoms in total. The largest absolute Gasteiger partial charge is 0.481 e. The number of fused-ring (bicyclic) bond motifs is 1. The maximum atomic E-state index is 12.4. The number of para-hydroxylation sites is 1. The molecule has 2 aliphatic rings. The quantitative estimate of drug-likeness (QED) is 0.785. The zero-order chi connectivity index (χ0) is 20.2. The first-order valence-corrected chi connectivity index (χ1v) is 10.5. The molecule has 1 aliphatic carbocycles. The van der Waals surface area contributed by atoms with Crippen LogP contribution in [0.25, 0.3) is 0 Å². The third-order valence-corrected chi connectivity index (χ3v) is 6.29. The third kappa shape index (κ3) is 4.61. The van der Waals surface area contributed by atoms with E-state index in [0.717, 1.165) is 25.1 Å². The number of carboxylic acid groups (broad SMARTS) is 1. The van der Waals surface area contributed by atoms with Gasteiger partial charge in [-0.25, -0.2) is 0 Å². The molecule has 0 bridgehead atoms. The highest BCUT2D eigenvalue weighted by molar-refractivity contribution is 5.79. The van der Waals surface area contributed by atoms with E-state index >= 15 is 0 Å². The summed E-state index contributed by atoms with van der Waals surface area (Å²) in [5, 5.41) is 12.1. The highest BCUT2D eigenvalue weighted by atomic mass is 16.4. The average molecular weight is 392 g/mol. The van der Waals surface area contributed by atoms with Crippen LogP contribution in [0.4, 0.5) is 5.69 Å². The molecule has 1 fully saturated rings. The van der Waals surface area contributed by atoms with Gasteiger partial charge in [-0.3, -0.25) is 9.59 Å². The fraction of sp³-hybridized carbons (Fsp3) is 0.417. The van der Waals surface area contributed by atoms with Crippen LogP contribution in [0.2, 0.25) is 0 Å². The minimum Gasteiger partial charge on any atom is -0.481 e. The second kappa shape index (κ2) is 8.68. The maximum Gasteiger partial charge on any atom is 0.306 e. The van der Waals surface area contributed by atoms with Gasteiger partial charge in [0.25, 0.3) is 0 Å². The number of rotatable bonds is 6. The number of carbonyl (C=O) groups is 2. The number of aliphatic carboxylic acids is 1. The van der Waals surface area contributed by atoms with Crippen LogP contribution >= 0.6 is 0 Å². The van der Waals surface area contributed by atoms with Crippen LogP contribution < -0.4 is 10.2 Å². The highest BCUT2D eigenvalue weighted by Gasteiger charge is 2.29. The van der Waals surface area contributed by atoms with Crippen molar-refractivity contribution in [3.63, 3.8) is 0 Å². The van der Waals surface area contributed by atoms with Gasteiger partial charge < -0.3 is 15.3 Å². The summed E-state index contributed by atoms with van der Waals surface area (Å²) in [5.41, 5.74) is 5.11. The number of amides is 1. The first-order chi connectivity index (χ1) is 14.1. The second-order valence-corrected chi connectivity index (χ2v) is 8.22. The molecule has 29 heavy (non-hydrogen) atoms. The molecule has 0 spiro atoms. The molecule has 4 rings (SSSR count). The summed E-state index contributed by atoms with van der Waals surface area (Å²) in [5.74, 6) is -1.03. The Bertz CT molecular complexity index is 870. The first kappa shape index (κ1) is 19.5. The van der Waals surface area contributed by atoms with Crippen LogP contribution in [0.15, 0.2) is 48.5 Å². The Morgan fingerprint density at radius 2 is 1.59 bits per heavy atom. The molecule has 0 aromatic heterocycles. The average Bonchev–Trinajstić information content (AvgIpc) is 3.16. The number of carboxylic acids is 1. The predicted molar refractivity (Wildman–Crippen MR) is 113 cm³/mol. The van der Waals surface area contributed by atoms with Crippen molar-refractivity contribution in [1.29, 1.82) is 0 Å². The normalized spacial score (nSPS) is 20.9. The fourth-order valence-electron chi connectivity index (χ4n) is 4.49. The molecule has 1 saturated carbocycles. The lowest BCUT2D eigenvalue weighted by atomic mass is 9.81. The van der Waals surface area contributed by atoms with Gasteiger partial charge in [-0.05, 0) is 54.9 Å². The van der Waals surface area contributed by atoms with Crippen molar-refractivity contribution in [2.75, 3.05) is 11.4 Å². The third-order valence-electron chi connectivity index (χ3n) is 6.29. The monoisotopic (exact) mass is 392 g/mol. The van der Waals surface area contributed by atoms with Crippen molar-refractivity contribution in [1.82, 2.24) is 5.32 Å². The van der Waals surface area contributed by atoms with Gasteiger partial charge in [-0.15, -0.1) is 0 Å². The van der Waals surface area contributed by atoms with E-state index in [9.17, 15) is 9.59 Å². The molecule has 2 N–H and O–H groups in total. The Labute approximate surface area is 171 Å². The van der Waals surface area contributed by atoms with Crippen LogP contribution in [0.5, 0.6) is 0 Å². The number of anilines is 1. The SMILES string of the molecule is O=C(O)C1CCC(C(=O)NCc2ccc(CN3CCc4ccccc43)cc2)CC1. The van der Waals surface area contributed by atoms with Gasteiger partial charge in [-0.1, -0.05) is 42.5 Å². The smallest absolute Gasteiger partial charge is 0.306 e. The number of nitrogens with one attached hydrogen (secondary N) is 1. The van der Waals surface area contributed by atoms with Gasteiger partial charge in [0.05, 0.1) is 5.92 Å². The number of benzene rings is 2. The Morgan fingerprint density at radius 1 is 0.931 bits per heavy atom. The van der Waals surface area contributed by atoms with E-state index < -0.39 is 5.97 Å². The molecular weight excluding hydrogens is 364 g/mol. The van der Waals surface area contributed by atoms with Crippen molar-refractivity contribution in [2.45, 2.75) is 45.2 Å². The van der Waals surface area contributed by atoms with Crippen LogP contribution in [-0.2, 0) is 29.1 Å². The molecule has 5 heteroatoms. The van der Waals surface area contributed by atoms with Crippen molar-refractivity contribution >= 4 is 17.6 Å². The van der Waals surface area contributed by atoms with Gasteiger partial charge in [0.15, 0.2) is 0 Å². The van der Waals surface area contributed by atoms with Crippen molar-refractivity contribution in [2.24, 2.45) is 11.8 Å². The van der Waals surface area contributed by atoms with Crippen molar-refractivity contribution < 1.29 is 14.7 Å². The van der Waals surface area contributed by atoms with E-state index in [0.29, 0.717) is 32.2 Å².